The summed E-state index contributed by atoms with van der Waals surface area (Å²) >= 11 is 0. The summed E-state index contributed by atoms with van der Waals surface area (Å²) in [5.41, 5.74) is 14.7. The number of carbonyl (C=O) groups is 2. The van der Waals surface area contributed by atoms with E-state index >= 15 is 0 Å². The Morgan fingerprint density at radius 3 is 0.619 bits per heavy atom. The molecule has 0 atom stereocenters. The first-order valence-corrected chi connectivity index (χ1v) is 41.6. The van der Waals surface area contributed by atoms with Crippen molar-refractivity contribution in [2.45, 2.75) is 272 Å². The highest BCUT2D eigenvalue weighted by Gasteiger charge is 2.50. The van der Waals surface area contributed by atoms with Gasteiger partial charge in [0.05, 0.1) is 43.4 Å². The maximum atomic E-state index is 14.2. The topological polar surface area (TPSA) is 76.7 Å². The lowest BCUT2D eigenvalue weighted by molar-refractivity contribution is 0.0464. The molecule has 84 heavy (non-hydrogen) atoms. The van der Waals surface area contributed by atoms with Crippen LogP contribution < -0.4 is 31.4 Å². The van der Waals surface area contributed by atoms with Crippen LogP contribution in [0, 0.1) is 0 Å². The molecule has 0 unspecified atom stereocenters. The molecule has 0 spiro atoms. The molecule has 6 nitrogen and oxygen atoms in total. The molecule has 0 aliphatic carbocycles. The molecule has 5 aromatic carbocycles. The quantitative estimate of drug-likeness (QED) is 0.0352. The van der Waals surface area contributed by atoms with E-state index in [1.807, 2.05) is 0 Å². The van der Waals surface area contributed by atoms with Gasteiger partial charge in [0.1, 0.15) is 13.2 Å². The Balaban J connectivity index is 1.15. The fourth-order valence-electron chi connectivity index (χ4n) is 17.9. The van der Waals surface area contributed by atoms with Crippen LogP contribution in [0.5, 0.6) is 0 Å². The lowest BCUT2D eigenvalue weighted by atomic mass is 10.1. The number of nitrogens with one attached hydrogen (secondary N) is 2. The molecular weight excluding hydrogens is 1090 g/mol. The molecule has 0 bridgehead atoms. The molecule has 5 aromatic rings. The van der Waals surface area contributed by atoms with Crippen molar-refractivity contribution in [3.8, 4) is 0 Å². The Labute approximate surface area is 517 Å². The van der Waals surface area contributed by atoms with Crippen LogP contribution in [0.15, 0.2) is 109 Å². The molecule has 0 aromatic heterocycles. The summed E-state index contributed by atoms with van der Waals surface area (Å²) in [6.07, 6.45) is 0. The minimum absolute atomic E-state index is 0.220. The van der Waals surface area contributed by atoms with E-state index < -0.39 is 32.3 Å². The van der Waals surface area contributed by atoms with Gasteiger partial charge < -0.3 is 20.1 Å². The summed E-state index contributed by atoms with van der Waals surface area (Å²) < 4.78 is 12.4. The molecule has 0 heterocycles. The Morgan fingerprint density at radius 2 is 0.452 bits per heavy atom. The van der Waals surface area contributed by atoms with E-state index in [2.05, 4.69) is 286 Å². The second-order valence-corrected chi connectivity index (χ2v) is 52.6. The van der Waals surface area contributed by atoms with Crippen LogP contribution in [0.3, 0.4) is 0 Å². The number of rotatable bonds is 30. The minimum Gasteiger partial charge on any atom is -0.457 e. The molecular formula is C74H116N2O4Si4. The molecule has 0 aliphatic rings. The van der Waals surface area contributed by atoms with Crippen LogP contribution in [-0.4, -0.2) is 44.2 Å². The molecule has 0 saturated carbocycles. The zero-order valence-corrected chi connectivity index (χ0v) is 61.2. The third-order valence-electron chi connectivity index (χ3n) is 20.9. The third kappa shape index (κ3) is 14.9. The Morgan fingerprint density at radius 1 is 0.286 bits per heavy atom. The lowest BCUT2D eigenvalue weighted by Crippen LogP contribution is -2.60. The average Bonchev–Trinajstić information content (AvgIpc) is 2.77. The average molecular weight is 1210 g/mol. The van der Waals surface area contributed by atoms with Crippen molar-refractivity contribution in [3.63, 3.8) is 0 Å². The van der Waals surface area contributed by atoms with Crippen LogP contribution >= 0.6 is 0 Å². The van der Waals surface area contributed by atoms with Gasteiger partial charge in [0.2, 0.25) is 0 Å². The predicted octanol–water partition coefficient (Wildman–Crippen LogP) is 18.5. The van der Waals surface area contributed by atoms with Gasteiger partial charge in [-0.2, -0.15) is 0 Å². The predicted molar refractivity (Wildman–Crippen MR) is 374 cm³/mol. The number of esters is 2. The highest BCUT2D eigenvalue weighted by Crippen LogP contribution is 2.46. The summed E-state index contributed by atoms with van der Waals surface area (Å²) in [4.78, 5) is 28.5. The molecule has 0 radical (unpaired) electrons. The normalized spacial score (nSPS) is 13.1. The molecule has 0 aliphatic heterocycles. The summed E-state index contributed by atoms with van der Waals surface area (Å²) in [6.45, 7) is 61.5. The number of ether oxygens (including phenoxy) is 2. The summed E-state index contributed by atoms with van der Waals surface area (Å²) in [6, 6.07) is 39.9. The van der Waals surface area contributed by atoms with E-state index in [0.29, 0.717) is 66.5 Å². The standard InChI is InChI=1S/C74H116N2O4Si4/c1-49(2)81(50(3)4,51(5)6)69-37-67(38-70(41-69)82(52(7)8,53(9)10)54(11)12)73(77)79-47-65-33-29-63(30-34-65)45-75-43-61-25-27-62(28-26-61)44-76-46-64-31-35-66(36-32-64)48-80-74(78)68-39-71(83(55(13)14,56(15)16)57(17)18)42-72(40-68)84(58(19)20,59(21)22)60(23)24/h25-42,49-60,75-76H,43-48H2,1-24H3. The van der Waals surface area contributed by atoms with E-state index in [1.54, 1.807) is 0 Å². The van der Waals surface area contributed by atoms with E-state index in [9.17, 15) is 9.59 Å². The number of benzene rings is 5. The van der Waals surface area contributed by atoms with Gasteiger partial charge in [-0.3, -0.25) is 0 Å². The first-order chi connectivity index (χ1) is 39.4. The van der Waals surface area contributed by atoms with Crippen LogP contribution in [0.25, 0.3) is 0 Å². The van der Waals surface area contributed by atoms with Crippen molar-refractivity contribution in [1.29, 1.82) is 0 Å². The first-order valence-electron chi connectivity index (χ1n) is 32.7. The monoisotopic (exact) mass is 1210 g/mol. The molecule has 2 N–H and O–H groups in total. The van der Waals surface area contributed by atoms with Gasteiger partial charge in [0.25, 0.3) is 0 Å². The van der Waals surface area contributed by atoms with Crippen molar-refractivity contribution in [2.24, 2.45) is 0 Å². The maximum Gasteiger partial charge on any atom is 0.338 e. The van der Waals surface area contributed by atoms with E-state index in [-0.39, 0.29) is 25.2 Å². The van der Waals surface area contributed by atoms with Gasteiger partial charge in [-0.25, -0.2) is 9.59 Å². The van der Waals surface area contributed by atoms with E-state index in [0.717, 1.165) is 48.4 Å². The highest BCUT2D eigenvalue weighted by atomic mass is 28.3. The summed E-state index contributed by atoms with van der Waals surface area (Å²) in [5, 5.41) is 13.0. The second-order valence-electron chi connectivity index (χ2n) is 29.0. The third-order valence-corrected chi connectivity index (χ3v) is 49.0. The number of carbonyl (C=O) groups excluding carboxylic acids is 2. The van der Waals surface area contributed by atoms with Crippen molar-refractivity contribution in [3.05, 3.63) is 154 Å². The molecule has 462 valence electrons. The van der Waals surface area contributed by atoms with Crippen LogP contribution in [0.1, 0.15) is 220 Å². The van der Waals surface area contributed by atoms with Gasteiger partial charge in [-0.15, -0.1) is 0 Å². The molecule has 10 heteroatoms. The summed E-state index contributed by atoms with van der Waals surface area (Å²) in [5.74, 6) is -0.440. The molecule has 0 saturated heterocycles. The van der Waals surface area contributed by atoms with Gasteiger partial charge in [-0.1, -0.05) is 272 Å². The Kier molecular flexibility index (Phi) is 25.3. The maximum absolute atomic E-state index is 14.2. The van der Waals surface area contributed by atoms with Gasteiger partial charge in [0.15, 0.2) is 0 Å². The van der Waals surface area contributed by atoms with Crippen molar-refractivity contribution in [2.75, 3.05) is 0 Å². The summed E-state index contributed by atoms with van der Waals surface area (Å²) in [7, 11) is -8.29. The fraction of sp³-hybridized carbons (Fsp3) is 0.568. The lowest BCUT2D eigenvalue weighted by Gasteiger charge is -2.47. The molecule has 0 amide bonds. The Hall–Kier alpha value is -4.17. The van der Waals surface area contributed by atoms with E-state index in [4.69, 9.17) is 9.47 Å². The van der Waals surface area contributed by atoms with Crippen molar-refractivity contribution in [1.82, 2.24) is 10.6 Å². The van der Waals surface area contributed by atoms with Crippen molar-refractivity contribution >= 4 is 65.0 Å². The number of hydrogen-bond acceptors (Lipinski definition) is 6. The van der Waals surface area contributed by atoms with Crippen LogP contribution in [0.4, 0.5) is 0 Å². The first kappa shape index (κ1) is 70.6. The van der Waals surface area contributed by atoms with E-state index in [1.165, 1.54) is 43.0 Å². The van der Waals surface area contributed by atoms with Gasteiger partial charge >= 0.3 is 11.9 Å². The SMILES string of the molecule is CC(C)[Si](c1cc(C(=O)OCc2ccc(CNCc3ccc(CNCc4ccc(COC(=O)c5cc([Si](C(C)C)(C(C)C)C(C)C)cc([Si](C(C)C)(C(C)C)C(C)C)c5)cc4)cc3)cc2)cc([Si](C(C)C)(C(C)C)C(C)C)c1)(C(C)C)C(C)C. The Bertz CT molecular complexity index is 2500. The number of hydrogen-bond donors (Lipinski definition) is 2. The molecule has 5 rings (SSSR count). The highest BCUT2D eigenvalue weighted by molar-refractivity contribution is 6.98. The zero-order valence-electron chi connectivity index (χ0n) is 57.2. The second kappa shape index (κ2) is 30.2. The largest absolute Gasteiger partial charge is 0.457 e. The van der Waals surface area contributed by atoms with Crippen molar-refractivity contribution < 1.29 is 19.1 Å². The fourth-order valence-corrected chi connectivity index (χ4v) is 45.5. The van der Waals surface area contributed by atoms with Gasteiger partial charge in [-0.05, 0) is 124 Å². The molecule has 0 fully saturated rings. The van der Waals surface area contributed by atoms with Gasteiger partial charge in [0, 0.05) is 26.2 Å². The van der Waals surface area contributed by atoms with Crippen LogP contribution in [0.2, 0.25) is 66.5 Å². The smallest absolute Gasteiger partial charge is 0.338 e. The minimum atomic E-state index is -2.07. The zero-order chi connectivity index (χ0) is 62.8. The van der Waals surface area contributed by atoms with Crippen LogP contribution in [-0.2, 0) is 48.9 Å².